The maximum atomic E-state index is 12.1. The number of alkyl halides is 2. The minimum atomic E-state index is -2.86. The van der Waals surface area contributed by atoms with Gasteiger partial charge in [-0.3, -0.25) is 4.79 Å². The van der Waals surface area contributed by atoms with Gasteiger partial charge < -0.3 is 14.6 Å². The quantitative estimate of drug-likeness (QED) is 0.737. The molecule has 0 aliphatic carbocycles. The first-order chi connectivity index (χ1) is 12.1. The predicted octanol–water partition coefficient (Wildman–Crippen LogP) is 3.87. The fraction of sp³-hybridized carbons (Fsp3) is 0.111. The van der Waals surface area contributed by atoms with Crippen LogP contribution in [0.4, 0.5) is 8.78 Å². The van der Waals surface area contributed by atoms with Gasteiger partial charge in [0.05, 0.1) is 0 Å². The second-order valence-electron chi connectivity index (χ2n) is 5.15. The lowest BCUT2D eigenvalue weighted by atomic mass is 10.1. The number of carbonyl (C=O) groups excluding carboxylic acids is 1. The molecule has 5 nitrogen and oxygen atoms in total. The molecular weight excluding hydrogens is 330 g/mol. The summed E-state index contributed by atoms with van der Waals surface area (Å²) in [6.45, 7) is -2.65. The third kappa shape index (κ3) is 4.41. The van der Waals surface area contributed by atoms with E-state index in [0.717, 1.165) is 11.1 Å². The summed E-state index contributed by atoms with van der Waals surface area (Å²) in [5.41, 5.74) is 2.15. The van der Waals surface area contributed by atoms with Crippen molar-refractivity contribution in [3.05, 3.63) is 72.0 Å². The van der Waals surface area contributed by atoms with Crippen molar-refractivity contribution in [2.24, 2.45) is 0 Å². The Labute approximate surface area is 142 Å². The molecule has 3 rings (SSSR count). The van der Waals surface area contributed by atoms with E-state index >= 15 is 0 Å². The van der Waals surface area contributed by atoms with Crippen LogP contribution in [-0.4, -0.2) is 17.7 Å². The fourth-order valence-electron chi connectivity index (χ4n) is 2.19. The summed E-state index contributed by atoms with van der Waals surface area (Å²) < 4.78 is 33.5. The number of aromatic nitrogens is 1. The van der Waals surface area contributed by atoms with Gasteiger partial charge in [-0.05, 0) is 17.7 Å². The van der Waals surface area contributed by atoms with E-state index in [1.54, 1.807) is 18.2 Å². The molecule has 0 fully saturated rings. The summed E-state index contributed by atoms with van der Waals surface area (Å²) >= 11 is 0. The summed E-state index contributed by atoms with van der Waals surface area (Å²) in [4.78, 5) is 12.1. The molecule has 0 atom stereocenters. The average Bonchev–Trinajstić information content (AvgIpc) is 3.11. The summed E-state index contributed by atoms with van der Waals surface area (Å²) in [6, 6.07) is 16.9. The van der Waals surface area contributed by atoms with Crippen molar-refractivity contribution < 1.29 is 22.8 Å². The van der Waals surface area contributed by atoms with Crippen molar-refractivity contribution in [3.63, 3.8) is 0 Å². The molecule has 25 heavy (non-hydrogen) atoms. The van der Waals surface area contributed by atoms with E-state index in [1.165, 1.54) is 12.1 Å². The standard InChI is InChI=1S/C18H14F2N2O3/c19-18(20)24-14-8-6-12(7-9-14)11-21-17(23)16-10-15(22-25-16)13-4-2-1-3-5-13/h1-10,18H,11H2,(H,21,23). The Morgan fingerprint density at radius 2 is 1.84 bits per heavy atom. The van der Waals surface area contributed by atoms with Crippen LogP contribution in [0.25, 0.3) is 11.3 Å². The van der Waals surface area contributed by atoms with Crippen molar-refractivity contribution in [1.29, 1.82) is 0 Å². The summed E-state index contributed by atoms with van der Waals surface area (Å²) in [6.07, 6.45) is 0. The smallest absolute Gasteiger partial charge is 0.387 e. The molecule has 0 saturated heterocycles. The molecule has 0 saturated carbocycles. The molecule has 1 heterocycles. The van der Waals surface area contributed by atoms with Crippen molar-refractivity contribution >= 4 is 5.91 Å². The maximum Gasteiger partial charge on any atom is 0.387 e. The first kappa shape index (κ1) is 16.6. The van der Waals surface area contributed by atoms with Gasteiger partial charge in [-0.25, -0.2) is 0 Å². The van der Waals surface area contributed by atoms with E-state index in [-0.39, 0.29) is 18.1 Å². The van der Waals surface area contributed by atoms with Crippen LogP contribution >= 0.6 is 0 Å². The Morgan fingerprint density at radius 3 is 2.52 bits per heavy atom. The number of nitrogens with one attached hydrogen (secondary N) is 1. The summed E-state index contributed by atoms with van der Waals surface area (Å²) in [5, 5.41) is 6.56. The molecule has 3 aromatic rings. The first-order valence-corrected chi connectivity index (χ1v) is 7.46. The van der Waals surface area contributed by atoms with E-state index in [1.807, 2.05) is 30.3 Å². The Kier molecular flexibility index (Phi) is 5.03. The molecule has 2 aromatic carbocycles. The highest BCUT2D eigenvalue weighted by molar-refractivity contribution is 5.92. The van der Waals surface area contributed by atoms with Crippen LogP contribution in [0, 0.1) is 0 Å². The van der Waals surface area contributed by atoms with Crippen molar-refractivity contribution in [1.82, 2.24) is 10.5 Å². The van der Waals surface area contributed by atoms with Gasteiger partial charge in [-0.15, -0.1) is 0 Å². The zero-order chi connectivity index (χ0) is 17.6. The monoisotopic (exact) mass is 344 g/mol. The SMILES string of the molecule is O=C(NCc1ccc(OC(F)F)cc1)c1cc(-c2ccccc2)no1. The Hall–Kier alpha value is -3.22. The second kappa shape index (κ2) is 7.57. The van der Waals surface area contributed by atoms with Crippen molar-refractivity contribution in [3.8, 4) is 17.0 Å². The molecule has 0 aliphatic rings. The molecule has 0 spiro atoms. The molecule has 128 valence electrons. The molecule has 1 amide bonds. The van der Waals surface area contributed by atoms with Gasteiger partial charge in [0.15, 0.2) is 0 Å². The third-order valence-electron chi connectivity index (χ3n) is 3.41. The number of ether oxygens (including phenoxy) is 1. The Morgan fingerprint density at radius 1 is 1.12 bits per heavy atom. The predicted molar refractivity (Wildman–Crippen MR) is 86.2 cm³/mol. The Balaban J connectivity index is 1.59. The topological polar surface area (TPSA) is 64.4 Å². The normalized spacial score (nSPS) is 10.7. The van der Waals surface area contributed by atoms with E-state index in [9.17, 15) is 13.6 Å². The van der Waals surface area contributed by atoms with Crippen LogP contribution in [0.5, 0.6) is 5.75 Å². The highest BCUT2D eigenvalue weighted by Crippen LogP contribution is 2.19. The number of carbonyl (C=O) groups is 1. The van der Waals surface area contributed by atoms with E-state index in [0.29, 0.717) is 5.69 Å². The lowest BCUT2D eigenvalue weighted by Gasteiger charge is -2.06. The van der Waals surface area contributed by atoms with Gasteiger partial charge in [0.2, 0.25) is 5.76 Å². The second-order valence-corrected chi connectivity index (χ2v) is 5.15. The third-order valence-corrected chi connectivity index (χ3v) is 3.41. The number of halogens is 2. The molecule has 0 radical (unpaired) electrons. The summed E-state index contributed by atoms with van der Waals surface area (Å²) in [7, 11) is 0. The lowest BCUT2D eigenvalue weighted by Crippen LogP contribution is -2.22. The average molecular weight is 344 g/mol. The molecule has 1 N–H and O–H groups in total. The molecular formula is C18H14F2N2O3. The zero-order valence-corrected chi connectivity index (χ0v) is 13.0. The number of rotatable bonds is 6. The van der Waals surface area contributed by atoms with Gasteiger partial charge in [0, 0.05) is 18.2 Å². The number of benzene rings is 2. The Bertz CT molecular complexity index is 833. The molecule has 0 aliphatic heterocycles. The minimum absolute atomic E-state index is 0.0628. The lowest BCUT2D eigenvalue weighted by molar-refractivity contribution is -0.0498. The van der Waals surface area contributed by atoms with Crippen LogP contribution in [-0.2, 0) is 6.54 Å². The first-order valence-electron chi connectivity index (χ1n) is 7.46. The molecule has 1 aromatic heterocycles. The number of nitrogens with zero attached hydrogens (tertiary/aromatic N) is 1. The van der Waals surface area contributed by atoms with Crippen LogP contribution < -0.4 is 10.1 Å². The van der Waals surface area contributed by atoms with Gasteiger partial charge in [-0.2, -0.15) is 8.78 Å². The van der Waals surface area contributed by atoms with Gasteiger partial charge in [-0.1, -0.05) is 47.6 Å². The van der Waals surface area contributed by atoms with E-state index in [2.05, 4.69) is 15.2 Å². The molecule has 0 bridgehead atoms. The van der Waals surface area contributed by atoms with Crippen LogP contribution in [0.15, 0.2) is 65.2 Å². The van der Waals surface area contributed by atoms with Gasteiger partial charge >= 0.3 is 6.61 Å². The number of amides is 1. The van der Waals surface area contributed by atoms with Gasteiger partial charge in [0.25, 0.3) is 5.91 Å². The zero-order valence-electron chi connectivity index (χ0n) is 13.0. The van der Waals surface area contributed by atoms with Crippen molar-refractivity contribution in [2.45, 2.75) is 13.2 Å². The fourth-order valence-corrected chi connectivity index (χ4v) is 2.19. The largest absolute Gasteiger partial charge is 0.435 e. The molecule has 0 unspecified atom stereocenters. The van der Waals surface area contributed by atoms with Gasteiger partial charge in [0.1, 0.15) is 11.4 Å². The molecule has 7 heteroatoms. The minimum Gasteiger partial charge on any atom is -0.435 e. The number of hydrogen-bond donors (Lipinski definition) is 1. The van der Waals surface area contributed by atoms with Crippen LogP contribution in [0.1, 0.15) is 16.1 Å². The maximum absolute atomic E-state index is 12.1. The van der Waals surface area contributed by atoms with E-state index in [4.69, 9.17) is 4.52 Å². The highest BCUT2D eigenvalue weighted by atomic mass is 19.3. The van der Waals surface area contributed by atoms with Crippen molar-refractivity contribution in [2.75, 3.05) is 0 Å². The highest BCUT2D eigenvalue weighted by Gasteiger charge is 2.13. The number of hydrogen-bond acceptors (Lipinski definition) is 4. The van der Waals surface area contributed by atoms with Crippen LogP contribution in [0.2, 0.25) is 0 Å². The van der Waals surface area contributed by atoms with Crippen LogP contribution in [0.3, 0.4) is 0 Å². The summed E-state index contributed by atoms with van der Waals surface area (Å²) in [5.74, 6) is -0.257. The van der Waals surface area contributed by atoms with E-state index < -0.39 is 12.5 Å².